The van der Waals surface area contributed by atoms with Gasteiger partial charge in [0.25, 0.3) is 0 Å². The normalized spacial score (nSPS) is 16.1. The fourth-order valence-corrected chi connectivity index (χ4v) is 2.90. The Bertz CT molecular complexity index is 664. The number of carbonyl (C=O) groups is 1. The number of carboxylic acid groups (broad SMARTS) is 1. The molecule has 110 valence electrons. The zero-order valence-electron chi connectivity index (χ0n) is 12.0. The average Bonchev–Trinajstić information content (AvgIpc) is 2.54. The van der Waals surface area contributed by atoms with E-state index in [-0.39, 0.29) is 5.92 Å². The predicted molar refractivity (Wildman–Crippen MR) is 83.9 cm³/mol. The minimum atomic E-state index is -0.682. The standard InChI is InChI=1S/C16H19N3O2/c1-17-13-3-2-11-4-7-18-15(14(11)10-13)19-8-5-12(6-9-19)16(20)21/h2-4,7,10,12,17H,5-6,8-9H2,1H3,(H,20,21). The number of fused-ring (bicyclic) bond motifs is 1. The molecule has 0 radical (unpaired) electrons. The van der Waals surface area contributed by atoms with E-state index in [4.69, 9.17) is 5.11 Å². The molecule has 1 fully saturated rings. The Morgan fingerprint density at radius 3 is 2.76 bits per heavy atom. The fraction of sp³-hybridized carbons (Fsp3) is 0.375. The van der Waals surface area contributed by atoms with Crippen LogP contribution in [0, 0.1) is 5.92 Å². The molecule has 1 aliphatic rings. The molecule has 0 unspecified atom stereocenters. The van der Waals surface area contributed by atoms with Gasteiger partial charge in [-0.2, -0.15) is 0 Å². The SMILES string of the molecule is CNc1ccc2ccnc(N3CCC(C(=O)O)CC3)c2c1. The second kappa shape index (κ2) is 5.60. The summed E-state index contributed by atoms with van der Waals surface area (Å²) in [4.78, 5) is 17.8. The lowest BCUT2D eigenvalue weighted by atomic mass is 9.97. The summed E-state index contributed by atoms with van der Waals surface area (Å²) in [5.74, 6) is 0.0514. The first-order valence-corrected chi connectivity index (χ1v) is 7.23. The van der Waals surface area contributed by atoms with Crippen molar-refractivity contribution in [3.8, 4) is 0 Å². The Hall–Kier alpha value is -2.30. The zero-order valence-corrected chi connectivity index (χ0v) is 12.0. The Balaban J connectivity index is 1.92. The largest absolute Gasteiger partial charge is 0.481 e. The van der Waals surface area contributed by atoms with E-state index in [0.717, 1.165) is 35.4 Å². The Kier molecular flexibility index (Phi) is 3.64. The summed E-state index contributed by atoms with van der Waals surface area (Å²) in [5, 5.41) is 14.5. The summed E-state index contributed by atoms with van der Waals surface area (Å²) in [6.07, 6.45) is 3.18. The second-order valence-corrected chi connectivity index (χ2v) is 5.42. The van der Waals surface area contributed by atoms with E-state index < -0.39 is 5.97 Å². The maximum Gasteiger partial charge on any atom is 0.306 e. The van der Waals surface area contributed by atoms with Crippen LogP contribution >= 0.6 is 0 Å². The van der Waals surface area contributed by atoms with Crippen molar-refractivity contribution in [3.63, 3.8) is 0 Å². The van der Waals surface area contributed by atoms with Crippen molar-refractivity contribution >= 4 is 28.2 Å². The van der Waals surface area contributed by atoms with Crippen LogP contribution in [0.2, 0.25) is 0 Å². The first-order chi connectivity index (χ1) is 10.2. The third-order valence-corrected chi connectivity index (χ3v) is 4.18. The first-order valence-electron chi connectivity index (χ1n) is 7.23. The molecular weight excluding hydrogens is 266 g/mol. The van der Waals surface area contributed by atoms with Gasteiger partial charge < -0.3 is 15.3 Å². The number of benzene rings is 1. The van der Waals surface area contributed by atoms with Crippen LogP contribution in [0.5, 0.6) is 0 Å². The molecule has 2 N–H and O–H groups in total. The van der Waals surface area contributed by atoms with Crippen LogP contribution in [-0.2, 0) is 4.79 Å². The van der Waals surface area contributed by atoms with Crippen molar-refractivity contribution in [2.75, 3.05) is 30.4 Å². The summed E-state index contributed by atoms with van der Waals surface area (Å²) < 4.78 is 0. The van der Waals surface area contributed by atoms with Gasteiger partial charge in [-0.15, -0.1) is 0 Å². The van der Waals surface area contributed by atoms with E-state index in [9.17, 15) is 4.79 Å². The van der Waals surface area contributed by atoms with Crippen molar-refractivity contribution < 1.29 is 9.90 Å². The smallest absolute Gasteiger partial charge is 0.306 e. The lowest BCUT2D eigenvalue weighted by Crippen LogP contribution is -2.36. The molecule has 0 bridgehead atoms. The third kappa shape index (κ3) is 2.63. The van der Waals surface area contributed by atoms with Crippen LogP contribution in [0.1, 0.15) is 12.8 Å². The number of aliphatic carboxylic acids is 1. The molecule has 3 rings (SSSR count). The van der Waals surface area contributed by atoms with Crippen LogP contribution < -0.4 is 10.2 Å². The van der Waals surface area contributed by atoms with Crippen LogP contribution in [-0.4, -0.2) is 36.2 Å². The van der Waals surface area contributed by atoms with E-state index >= 15 is 0 Å². The number of aromatic nitrogens is 1. The predicted octanol–water partition coefficient (Wildman–Crippen LogP) is 2.58. The van der Waals surface area contributed by atoms with Crippen molar-refractivity contribution in [2.24, 2.45) is 5.92 Å². The third-order valence-electron chi connectivity index (χ3n) is 4.18. The van der Waals surface area contributed by atoms with Gasteiger partial charge in [-0.3, -0.25) is 4.79 Å². The summed E-state index contributed by atoms with van der Waals surface area (Å²) in [7, 11) is 1.90. The van der Waals surface area contributed by atoms with Gasteiger partial charge >= 0.3 is 5.97 Å². The maximum atomic E-state index is 11.1. The maximum absolute atomic E-state index is 11.1. The number of hydrogen-bond acceptors (Lipinski definition) is 4. The summed E-state index contributed by atoms with van der Waals surface area (Å²) >= 11 is 0. The molecule has 0 spiro atoms. The topological polar surface area (TPSA) is 65.5 Å². The second-order valence-electron chi connectivity index (χ2n) is 5.42. The lowest BCUT2D eigenvalue weighted by Gasteiger charge is -2.31. The molecule has 2 aromatic rings. The van der Waals surface area contributed by atoms with Gasteiger partial charge in [-0.05, 0) is 36.4 Å². The minimum absolute atomic E-state index is 0.218. The van der Waals surface area contributed by atoms with Crippen LogP contribution in [0.4, 0.5) is 11.5 Å². The summed E-state index contributed by atoms with van der Waals surface area (Å²) in [5.41, 5.74) is 1.05. The molecule has 0 atom stereocenters. The van der Waals surface area contributed by atoms with Crippen LogP contribution in [0.25, 0.3) is 10.8 Å². The number of pyridine rings is 1. The van der Waals surface area contributed by atoms with Crippen molar-refractivity contribution in [2.45, 2.75) is 12.8 Å². The van der Waals surface area contributed by atoms with Crippen molar-refractivity contribution in [3.05, 3.63) is 30.5 Å². The van der Waals surface area contributed by atoms with Gasteiger partial charge in [0.15, 0.2) is 0 Å². The molecule has 21 heavy (non-hydrogen) atoms. The number of rotatable bonds is 3. The number of carboxylic acids is 1. The van der Waals surface area contributed by atoms with E-state index in [1.165, 1.54) is 0 Å². The van der Waals surface area contributed by atoms with Gasteiger partial charge in [0, 0.05) is 37.4 Å². The van der Waals surface area contributed by atoms with E-state index in [1.807, 2.05) is 25.4 Å². The highest BCUT2D eigenvalue weighted by molar-refractivity contribution is 5.94. The summed E-state index contributed by atoms with van der Waals surface area (Å²) in [6.45, 7) is 1.49. The quantitative estimate of drug-likeness (QED) is 0.907. The van der Waals surface area contributed by atoms with Gasteiger partial charge in [0.2, 0.25) is 0 Å². The van der Waals surface area contributed by atoms with E-state index in [1.54, 1.807) is 0 Å². The molecule has 0 saturated carbocycles. The van der Waals surface area contributed by atoms with E-state index in [0.29, 0.717) is 12.8 Å². The average molecular weight is 285 g/mol. The van der Waals surface area contributed by atoms with E-state index in [2.05, 4.69) is 27.3 Å². The molecule has 1 aliphatic heterocycles. The molecule has 0 aliphatic carbocycles. The highest BCUT2D eigenvalue weighted by Gasteiger charge is 2.25. The Labute approximate surface area is 123 Å². The summed E-state index contributed by atoms with van der Waals surface area (Å²) in [6, 6.07) is 8.22. The number of piperidine rings is 1. The van der Waals surface area contributed by atoms with Crippen molar-refractivity contribution in [1.82, 2.24) is 4.98 Å². The minimum Gasteiger partial charge on any atom is -0.481 e. The Morgan fingerprint density at radius 1 is 1.33 bits per heavy atom. The molecule has 2 heterocycles. The Morgan fingerprint density at radius 2 is 2.10 bits per heavy atom. The zero-order chi connectivity index (χ0) is 14.8. The van der Waals surface area contributed by atoms with Gasteiger partial charge in [-0.25, -0.2) is 4.98 Å². The molecule has 5 nitrogen and oxygen atoms in total. The molecule has 5 heteroatoms. The first kappa shape index (κ1) is 13.7. The molecule has 0 amide bonds. The number of nitrogens with one attached hydrogen (secondary N) is 1. The van der Waals surface area contributed by atoms with Crippen molar-refractivity contribution in [1.29, 1.82) is 0 Å². The molecule has 1 saturated heterocycles. The molecule has 1 aromatic heterocycles. The van der Waals surface area contributed by atoms with Gasteiger partial charge in [-0.1, -0.05) is 6.07 Å². The highest BCUT2D eigenvalue weighted by atomic mass is 16.4. The van der Waals surface area contributed by atoms with Gasteiger partial charge in [0.05, 0.1) is 5.92 Å². The number of anilines is 2. The lowest BCUT2D eigenvalue weighted by molar-refractivity contribution is -0.142. The van der Waals surface area contributed by atoms with Crippen LogP contribution in [0.15, 0.2) is 30.5 Å². The molecule has 1 aromatic carbocycles. The molecular formula is C16H19N3O2. The monoisotopic (exact) mass is 285 g/mol. The number of hydrogen-bond donors (Lipinski definition) is 2. The number of nitrogens with zero attached hydrogens (tertiary/aromatic N) is 2. The fourth-order valence-electron chi connectivity index (χ4n) is 2.90. The van der Waals surface area contributed by atoms with Gasteiger partial charge in [0.1, 0.15) is 5.82 Å². The highest BCUT2D eigenvalue weighted by Crippen LogP contribution is 2.30. The van der Waals surface area contributed by atoms with Crippen LogP contribution in [0.3, 0.4) is 0 Å².